The molecule has 0 unspecified atom stereocenters. The van der Waals surface area contributed by atoms with Crippen LogP contribution in [0, 0.1) is 0 Å². The highest BCUT2D eigenvalue weighted by Crippen LogP contribution is 2.09. The summed E-state index contributed by atoms with van der Waals surface area (Å²) in [6, 6.07) is 0. The molecule has 0 spiro atoms. The second-order valence-electron chi connectivity index (χ2n) is 3.87. The molecule has 0 aromatic carbocycles. The zero-order valence-electron chi connectivity index (χ0n) is 9.83. The summed E-state index contributed by atoms with van der Waals surface area (Å²) in [5, 5.41) is 9.60. The lowest BCUT2D eigenvalue weighted by Crippen LogP contribution is -2.21. The molecule has 0 saturated heterocycles. The molecule has 1 rings (SSSR count). The first-order valence-corrected chi connectivity index (χ1v) is 5.40. The van der Waals surface area contributed by atoms with Crippen LogP contribution < -0.4 is 0 Å². The Bertz CT molecular complexity index is 345. The number of carbonyl (C=O) groups is 2. The molecule has 0 aromatic heterocycles. The molecule has 1 N–H and O–H groups in total. The Labute approximate surface area is 99.7 Å². The van der Waals surface area contributed by atoms with Gasteiger partial charge < -0.3 is 14.6 Å². The van der Waals surface area contributed by atoms with Gasteiger partial charge in [-0.15, -0.1) is 0 Å². The van der Waals surface area contributed by atoms with Gasteiger partial charge in [-0.1, -0.05) is 6.08 Å². The molecule has 1 aliphatic heterocycles. The molecule has 94 valence electrons. The minimum absolute atomic E-state index is 0.308. The van der Waals surface area contributed by atoms with Crippen LogP contribution in [0.3, 0.4) is 0 Å². The van der Waals surface area contributed by atoms with Crippen LogP contribution in [0.2, 0.25) is 0 Å². The van der Waals surface area contributed by atoms with Crippen LogP contribution in [0.1, 0.15) is 20.3 Å². The van der Waals surface area contributed by atoms with Gasteiger partial charge in [0, 0.05) is 19.4 Å². The molecule has 3 atom stereocenters. The Morgan fingerprint density at radius 2 is 2.18 bits per heavy atom. The fourth-order valence-corrected chi connectivity index (χ4v) is 1.45. The van der Waals surface area contributed by atoms with Crippen LogP contribution >= 0.6 is 0 Å². The standard InChI is InChI=1S/C12H16O5/c1-8-7-10(14)3-4-11(17-9(2)13)5-6-12(15)16-8/h3-6,8,10-11,14H,7H2,1-2H3/b4-3?,6-5-/t8-,10-,11-/m1/s1. The Hall–Kier alpha value is -1.62. The molecule has 1 heterocycles. The topological polar surface area (TPSA) is 72.8 Å². The van der Waals surface area contributed by atoms with Crippen molar-refractivity contribution >= 4 is 11.9 Å². The minimum Gasteiger partial charge on any atom is -0.459 e. The maximum absolute atomic E-state index is 11.3. The molecule has 0 saturated carbocycles. The number of hydrogen-bond acceptors (Lipinski definition) is 5. The average molecular weight is 240 g/mol. The zero-order chi connectivity index (χ0) is 12.8. The van der Waals surface area contributed by atoms with E-state index < -0.39 is 24.1 Å². The number of rotatable bonds is 1. The van der Waals surface area contributed by atoms with Crippen LogP contribution in [0.5, 0.6) is 0 Å². The second-order valence-corrected chi connectivity index (χ2v) is 3.87. The van der Waals surface area contributed by atoms with Gasteiger partial charge in [-0.2, -0.15) is 0 Å². The second kappa shape index (κ2) is 6.20. The fraction of sp³-hybridized carbons (Fsp3) is 0.500. The number of ether oxygens (including phenoxy) is 2. The van der Waals surface area contributed by atoms with Gasteiger partial charge in [0.1, 0.15) is 12.2 Å². The van der Waals surface area contributed by atoms with E-state index in [0.29, 0.717) is 6.42 Å². The van der Waals surface area contributed by atoms with Crippen LogP contribution in [0.15, 0.2) is 24.3 Å². The van der Waals surface area contributed by atoms with Crippen molar-refractivity contribution in [1.29, 1.82) is 0 Å². The van der Waals surface area contributed by atoms with Crippen LogP contribution in [-0.4, -0.2) is 35.4 Å². The molecule has 0 radical (unpaired) electrons. The van der Waals surface area contributed by atoms with Crippen LogP contribution in [-0.2, 0) is 19.1 Å². The lowest BCUT2D eigenvalue weighted by molar-refractivity contribution is -0.145. The molecule has 0 amide bonds. The highest BCUT2D eigenvalue weighted by atomic mass is 16.5. The van der Waals surface area contributed by atoms with E-state index in [1.165, 1.54) is 31.2 Å². The number of hydrogen-bond donors (Lipinski definition) is 1. The largest absolute Gasteiger partial charge is 0.459 e. The van der Waals surface area contributed by atoms with Gasteiger partial charge in [-0.3, -0.25) is 4.79 Å². The van der Waals surface area contributed by atoms with E-state index in [4.69, 9.17) is 9.47 Å². The van der Waals surface area contributed by atoms with Crippen molar-refractivity contribution in [3.05, 3.63) is 24.3 Å². The number of aliphatic hydroxyl groups is 1. The van der Waals surface area contributed by atoms with Gasteiger partial charge >= 0.3 is 11.9 Å². The molecule has 0 bridgehead atoms. The number of aliphatic hydroxyl groups excluding tert-OH is 1. The molecule has 1 aliphatic rings. The summed E-state index contributed by atoms with van der Waals surface area (Å²) in [5.74, 6) is -0.977. The summed E-state index contributed by atoms with van der Waals surface area (Å²) < 4.78 is 9.91. The molecular formula is C12H16O5. The highest BCUT2D eigenvalue weighted by Gasteiger charge is 2.14. The summed E-state index contributed by atoms with van der Waals surface area (Å²) in [6.07, 6.45) is 4.23. The van der Waals surface area contributed by atoms with Crippen molar-refractivity contribution < 1.29 is 24.2 Å². The van der Waals surface area contributed by atoms with Crippen LogP contribution in [0.25, 0.3) is 0 Å². The lowest BCUT2D eigenvalue weighted by atomic mass is 10.1. The van der Waals surface area contributed by atoms with Gasteiger partial charge in [0.2, 0.25) is 0 Å². The van der Waals surface area contributed by atoms with Crippen molar-refractivity contribution in [2.24, 2.45) is 0 Å². The van der Waals surface area contributed by atoms with Crippen molar-refractivity contribution in [1.82, 2.24) is 0 Å². The van der Waals surface area contributed by atoms with E-state index >= 15 is 0 Å². The van der Waals surface area contributed by atoms with Crippen molar-refractivity contribution in [3.8, 4) is 0 Å². The van der Waals surface area contributed by atoms with Gasteiger partial charge in [0.05, 0.1) is 6.10 Å². The van der Waals surface area contributed by atoms with E-state index in [1.807, 2.05) is 0 Å². The van der Waals surface area contributed by atoms with E-state index in [2.05, 4.69) is 0 Å². The fourth-order valence-electron chi connectivity index (χ4n) is 1.45. The lowest BCUT2D eigenvalue weighted by Gasteiger charge is -2.16. The van der Waals surface area contributed by atoms with Gasteiger partial charge in [0.15, 0.2) is 0 Å². The molecule has 0 aliphatic carbocycles. The molecule has 5 heteroatoms. The van der Waals surface area contributed by atoms with E-state index in [0.717, 1.165) is 0 Å². The first-order valence-electron chi connectivity index (χ1n) is 5.40. The first-order chi connectivity index (χ1) is 7.97. The van der Waals surface area contributed by atoms with Gasteiger partial charge in [0.25, 0.3) is 0 Å². The minimum atomic E-state index is -0.734. The Balaban J connectivity index is 2.79. The number of esters is 2. The Morgan fingerprint density at radius 1 is 1.47 bits per heavy atom. The third-order valence-electron chi connectivity index (χ3n) is 2.14. The summed E-state index contributed by atoms with van der Waals surface area (Å²) >= 11 is 0. The van der Waals surface area contributed by atoms with Gasteiger partial charge in [-0.05, 0) is 19.1 Å². The predicted molar refractivity (Wildman–Crippen MR) is 60.0 cm³/mol. The maximum atomic E-state index is 11.3. The average Bonchev–Trinajstić information content (AvgIpc) is 2.20. The normalized spacial score (nSPS) is 31.5. The molecule has 0 fully saturated rings. The molecule has 0 aromatic rings. The monoisotopic (exact) mass is 240 g/mol. The predicted octanol–water partition coefficient (Wildman–Crippen LogP) is 0.727. The van der Waals surface area contributed by atoms with Crippen molar-refractivity contribution in [3.63, 3.8) is 0 Å². The third kappa shape index (κ3) is 5.31. The maximum Gasteiger partial charge on any atom is 0.330 e. The molecule has 17 heavy (non-hydrogen) atoms. The Morgan fingerprint density at radius 3 is 2.82 bits per heavy atom. The molecule has 5 nitrogen and oxygen atoms in total. The first kappa shape index (κ1) is 13.4. The quantitative estimate of drug-likeness (QED) is 0.540. The van der Waals surface area contributed by atoms with E-state index in [-0.39, 0.29) is 6.10 Å². The SMILES string of the molecule is CC(=O)O[C@@H]1C=C[C@@H](O)C[C@@H](C)OC(=O)/C=C\1. The van der Waals surface area contributed by atoms with Gasteiger partial charge in [-0.25, -0.2) is 4.79 Å². The van der Waals surface area contributed by atoms with E-state index in [1.54, 1.807) is 6.92 Å². The summed E-state index contributed by atoms with van der Waals surface area (Å²) in [7, 11) is 0. The highest BCUT2D eigenvalue weighted by molar-refractivity contribution is 5.82. The number of carbonyl (C=O) groups excluding carboxylic acids is 2. The third-order valence-corrected chi connectivity index (χ3v) is 2.14. The summed E-state index contributed by atoms with van der Waals surface area (Å²) in [4.78, 5) is 22.1. The van der Waals surface area contributed by atoms with Crippen molar-refractivity contribution in [2.45, 2.75) is 38.6 Å². The molecular weight excluding hydrogens is 224 g/mol. The Kier molecular flexibility index (Phi) is 4.90. The van der Waals surface area contributed by atoms with E-state index in [9.17, 15) is 14.7 Å². The smallest absolute Gasteiger partial charge is 0.330 e. The summed E-state index contributed by atoms with van der Waals surface area (Å²) in [6.45, 7) is 2.98. The van der Waals surface area contributed by atoms with Crippen molar-refractivity contribution in [2.75, 3.05) is 0 Å². The summed E-state index contributed by atoms with van der Waals surface area (Å²) in [5.41, 5.74) is 0. The zero-order valence-corrected chi connectivity index (χ0v) is 9.83. The number of cyclic esters (lactones) is 1. The van der Waals surface area contributed by atoms with Crippen LogP contribution in [0.4, 0.5) is 0 Å².